The van der Waals surface area contributed by atoms with E-state index in [9.17, 15) is 9.59 Å². The van der Waals surface area contributed by atoms with Gasteiger partial charge in [0.05, 0.1) is 5.69 Å². The van der Waals surface area contributed by atoms with Gasteiger partial charge in [0.15, 0.2) is 5.96 Å². The van der Waals surface area contributed by atoms with E-state index in [4.69, 9.17) is 21.7 Å². The van der Waals surface area contributed by atoms with Gasteiger partial charge in [0, 0.05) is 35.0 Å². The van der Waals surface area contributed by atoms with E-state index >= 15 is 0 Å². The van der Waals surface area contributed by atoms with Crippen LogP contribution in [0.2, 0.25) is 0 Å². The van der Waals surface area contributed by atoms with Crippen LogP contribution in [0.3, 0.4) is 0 Å². The molecule has 10 heteroatoms. The zero-order valence-corrected chi connectivity index (χ0v) is 12.9. The number of thiazole rings is 1. The van der Waals surface area contributed by atoms with E-state index in [-0.39, 0.29) is 5.96 Å². The van der Waals surface area contributed by atoms with Crippen LogP contribution in [-0.2, 0) is 9.59 Å². The SMILES string of the molecule is Cc1[nH]ccc1-c1csc(N=C(N)N)n1.O=C(O)/C=C\C(=O)O. The number of hydrogen-bond donors (Lipinski definition) is 5. The van der Waals surface area contributed by atoms with Crippen molar-refractivity contribution in [1.29, 1.82) is 0 Å². The summed E-state index contributed by atoms with van der Waals surface area (Å²) in [4.78, 5) is 30.4. The maximum atomic E-state index is 9.55. The summed E-state index contributed by atoms with van der Waals surface area (Å²) in [6, 6.07) is 1.98. The van der Waals surface area contributed by atoms with Crippen molar-refractivity contribution >= 4 is 34.4 Å². The molecule has 23 heavy (non-hydrogen) atoms. The number of hydrogen-bond acceptors (Lipinski definition) is 5. The van der Waals surface area contributed by atoms with Crippen molar-refractivity contribution in [3.8, 4) is 11.3 Å². The maximum Gasteiger partial charge on any atom is 0.328 e. The highest BCUT2D eigenvalue weighted by Crippen LogP contribution is 2.28. The number of aromatic nitrogens is 2. The molecule has 2 heterocycles. The average molecular weight is 337 g/mol. The van der Waals surface area contributed by atoms with Gasteiger partial charge in [0.25, 0.3) is 0 Å². The molecule has 0 aliphatic rings. The summed E-state index contributed by atoms with van der Waals surface area (Å²) in [5.41, 5.74) is 13.6. The average Bonchev–Trinajstić information content (AvgIpc) is 3.05. The number of carbonyl (C=O) groups is 2. The number of aliphatic carboxylic acids is 2. The molecule has 2 rings (SSSR count). The quantitative estimate of drug-likeness (QED) is 0.316. The van der Waals surface area contributed by atoms with Crippen LogP contribution < -0.4 is 11.5 Å². The van der Waals surface area contributed by atoms with Gasteiger partial charge in [0.2, 0.25) is 5.13 Å². The van der Waals surface area contributed by atoms with Gasteiger partial charge < -0.3 is 26.7 Å². The van der Waals surface area contributed by atoms with Gasteiger partial charge in [-0.15, -0.1) is 11.3 Å². The molecular formula is C13H15N5O4S. The number of nitrogens with two attached hydrogens (primary N) is 2. The number of guanidine groups is 1. The zero-order chi connectivity index (χ0) is 17.4. The fourth-order valence-corrected chi connectivity index (χ4v) is 2.13. The minimum atomic E-state index is -1.26. The molecule has 0 saturated heterocycles. The molecule has 0 aromatic carbocycles. The van der Waals surface area contributed by atoms with Crippen molar-refractivity contribution in [3.05, 3.63) is 35.5 Å². The summed E-state index contributed by atoms with van der Waals surface area (Å²) in [6.07, 6.45) is 2.99. The first kappa shape index (κ1) is 17.9. The Morgan fingerprint density at radius 3 is 2.35 bits per heavy atom. The van der Waals surface area contributed by atoms with Crippen molar-refractivity contribution in [1.82, 2.24) is 9.97 Å². The highest BCUT2D eigenvalue weighted by atomic mass is 32.1. The molecule has 0 unspecified atom stereocenters. The maximum absolute atomic E-state index is 9.55. The molecule has 0 bridgehead atoms. The summed E-state index contributed by atoms with van der Waals surface area (Å²) < 4.78 is 0. The zero-order valence-electron chi connectivity index (χ0n) is 12.1. The highest BCUT2D eigenvalue weighted by molar-refractivity contribution is 7.13. The van der Waals surface area contributed by atoms with Gasteiger partial charge in [-0.1, -0.05) is 0 Å². The lowest BCUT2D eigenvalue weighted by molar-refractivity contribution is -0.134. The molecule has 7 N–H and O–H groups in total. The Balaban J connectivity index is 0.000000284. The monoisotopic (exact) mass is 337 g/mol. The largest absolute Gasteiger partial charge is 0.478 e. The topological polar surface area (TPSA) is 168 Å². The van der Waals surface area contributed by atoms with E-state index in [0.717, 1.165) is 17.0 Å². The smallest absolute Gasteiger partial charge is 0.328 e. The van der Waals surface area contributed by atoms with Crippen molar-refractivity contribution in [2.45, 2.75) is 6.92 Å². The standard InChI is InChI=1S/C9H11N5S.C4H4O4/c1-5-6(2-3-12-5)7-4-15-9(13-7)14-8(10)11;5-3(6)1-2-4(7)8/h2-4,12H,1H3,(H4,10,11,13,14);1-2H,(H,5,6)(H,7,8)/b;2-1-. The van der Waals surface area contributed by atoms with E-state index < -0.39 is 11.9 Å². The molecular weight excluding hydrogens is 322 g/mol. The van der Waals surface area contributed by atoms with Crippen molar-refractivity contribution in [2.24, 2.45) is 16.5 Å². The number of H-pyrrole nitrogens is 1. The third-order valence-electron chi connectivity index (χ3n) is 2.32. The van der Waals surface area contributed by atoms with Crippen LogP contribution in [0.15, 0.2) is 34.8 Å². The molecule has 0 aliphatic carbocycles. The van der Waals surface area contributed by atoms with Crippen LogP contribution in [0.5, 0.6) is 0 Å². The van der Waals surface area contributed by atoms with E-state index in [1.165, 1.54) is 11.3 Å². The fraction of sp³-hybridized carbons (Fsp3) is 0.0769. The second-order valence-corrected chi connectivity index (χ2v) is 4.91. The van der Waals surface area contributed by atoms with Gasteiger partial charge in [-0.3, -0.25) is 0 Å². The number of aryl methyl sites for hydroxylation is 1. The van der Waals surface area contributed by atoms with Crippen molar-refractivity contribution in [3.63, 3.8) is 0 Å². The van der Waals surface area contributed by atoms with Gasteiger partial charge in [-0.25, -0.2) is 14.6 Å². The van der Waals surface area contributed by atoms with Gasteiger partial charge in [0.1, 0.15) is 0 Å². The first-order valence-electron chi connectivity index (χ1n) is 6.13. The molecule has 0 radical (unpaired) electrons. The molecule has 0 amide bonds. The Bertz CT molecular complexity index is 727. The number of carboxylic acid groups (broad SMARTS) is 2. The van der Waals surface area contributed by atoms with Crippen molar-refractivity contribution < 1.29 is 19.8 Å². The Labute approximate surface area is 135 Å². The molecule has 122 valence electrons. The van der Waals surface area contributed by atoms with Crippen LogP contribution in [-0.4, -0.2) is 38.1 Å². The fourth-order valence-electron chi connectivity index (χ4n) is 1.42. The number of nitrogens with one attached hydrogen (secondary N) is 1. The molecule has 9 nitrogen and oxygen atoms in total. The molecule has 0 spiro atoms. The van der Waals surface area contributed by atoms with Gasteiger partial charge in [-0.2, -0.15) is 4.99 Å². The molecule has 2 aromatic heterocycles. The first-order valence-corrected chi connectivity index (χ1v) is 7.01. The molecule has 0 saturated carbocycles. The second kappa shape index (κ2) is 8.34. The Kier molecular flexibility index (Phi) is 6.49. The van der Waals surface area contributed by atoms with E-state index in [2.05, 4.69) is 15.0 Å². The van der Waals surface area contributed by atoms with E-state index in [1.54, 1.807) is 0 Å². The Morgan fingerprint density at radius 1 is 1.30 bits per heavy atom. The Morgan fingerprint density at radius 2 is 1.91 bits per heavy atom. The molecule has 0 atom stereocenters. The van der Waals surface area contributed by atoms with Gasteiger partial charge in [-0.05, 0) is 13.0 Å². The molecule has 0 aliphatic heterocycles. The van der Waals surface area contributed by atoms with Crippen LogP contribution in [0.4, 0.5) is 5.13 Å². The van der Waals surface area contributed by atoms with Gasteiger partial charge >= 0.3 is 11.9 Å². The number of aliphatic imine (C=N–C) groups is 1. The minimum absolute atomic E-state index is 0.0293. The third-order valence-corrected chi connectivity index (χ3v) is 3.05. The summed E-state index contributed by atoms with van der Waals surface area (Å²) in [7, 11) is 0. The predicted octanol–water partition coefficient (Wildman–Crippen LogP) is 1.06. The lowest BCUT2D eigenvalue weighted by Crippen LogP contribution is -2.21. The van der Waals surface area contributed by atoms with E-state index in [1.807, 2.05) is 24.6 Å². The number of carboxylic acids is 2. The summed E-state index contributed by atoms with van der Waals surface area (Å²) in [6.45, 7) is 1.99. The van der Waals surface area contributed by atoms with Crippen molar-refractivity contribution in [2.75, 3.05) is 0 Å². The number of rotatable bonds is 4. The minimum Gasteiger partial charge on any atom is -0.478 e. The summed E-state index contributed by atoms with van der Waals surface area (Å²) in [5, 5.41) is 18.1. The molecule has 0 fully saturated rings. The van der Waals surface area contributed by atoms with E-state index in [0.29, 0.717) is 17.3 Å². The van der Waals surface area contributed by atoms with Crippen LogP contribution >= 0.6 is 11.3 Å². The first-order chi connectivity index (χ1) is 10.8. The van der Waals surface area contributed by atoms with Crippen LogP contribution in [0, 0.1) is 6.92 Å². The summed E-state index contributed by atoms with van der Waals surface area (Å²) >= 11 is 1.41. The summed E-state index contributed by atoms with van der Waals surface area (Å²) in [5.74, 6) is -2.48. The predicted molar refractivity (Wildman–Crippen MR) is 86.5 cm³/mol. The molecule has 2 aromatic rings. The Hall–Kier alpha value is -3.14. The number of aromatic amines is 1. The second-order valence-electron chi connectivity index (χ2n) is 4.08. The highest BCUT2D eigenvalue weighted by Gasteiger charge is 2.07. The third kappa shape index (κ3) is 6.44. The van der Waals surface area contributed by atoms with Crippen LogP contribution in [0.1, 0.15) is 5.69 Å². The normalized spacial score (nSPS) is 9.96. The lowest BCUT2D eigenvalue weighted by Gasteiger charge is -1.92. The number of nitrogens with zero attached hydrogens (tertiary/aromatic N) is 2. The lowest BCUT2D eigenvalue weighted by atomic mass is 10.2. The van der Waals surface area contributed by atoms with Crippen LogP contribution in [0.25, 0.3) is 11.3 Å².